The summed E-state index contributed by atoms with van der Waals surface area (Å²) in [5.74, 6) is -0.135. The highest BCUT2D eigenvalue weighted by atomic mass is 16.5. The Kier molecular flexibility index (Phi) is 5.05. The fraction of sp³-hybridized carbons (Fsp3) is 0.364. The molecule has 0 aromatic heterocycles. The number of anilines is 1. The van der Waals surface area contributed by atoms with Gasteiger partial charge in [0.25, 0.3) is 5.91 Å². The van der Waals surface area contributed by atoms with Crippen LogP contribution in [0.4, 0.5) is 10.5 Å². The second kappa shape index (κ2) is 7.64. The second-order valence-corrected chi connectivity index (χ2v) is 7.72. The number of nitrogens with one attached hydrogen (secondary N) is 2. The maximum Gasteiger partial charge on any atom is 0.322 e. The lowest BCUT2D eigenvalue weighted by Gasteiger charge is -2.23. The summed E-state index contributed by atoms with van der Waals surface area (Å²) in [4.78, 5) is 26.6. The van der Waals surface area contributed by atoms with E-state index in [0.29, 0.717) is 30.9 Å². The number of amides is 3. The van der Waals surface area contributed by atoms with Gasteiger partial charge in [0, 0.05) is 37.5 Å². The molecule has 0 radical (unpaired) electrons. The van der Waals surface area contributed by atoms with Crippen molar-refractivity contribution >= 4 is 17.6 Å². The molecule has 4 rings (SSSR count). The first-order valence-corrected chi connectivity index (χ1v) is 9.67. The number of benzene rings is 2. The monoisotopic (exact) mass is 379 g/mol. The van der Waals surface area contributed by atoms with E-state index in [-0.39, 0.29) is 17.5 Å². The molecule has 1 atom stereocenters. The molecule has 1 saturated heterocycles. The number of nitrogens with zero attached hydrogens (tertiary/aromatic N) is 1. The van der Waals surface area contributed by atoms with Gasteiger partial charge in [-0.2, -0.15) is 0 Å². The number of fused-ring (bicyclic) bond motifs is 1. The summed E-state index contributed by atoms with van der Waals surface area (Å²) >= 11 is 0. The Hall–Kier alpha value is -2.86. The molecule has 1 unspecified atom stereocenters. The zero-order valence-electron chi connectivity index (χ0n) is 16.0. The molecule has 3 amide bonds. The minimum Gasteiger partial charge on any atom is -0.373 e. The molecule has 146 valence electrons. The van der Waals surface area contributed by atoms with Crippen LogP contribution >= 0.6 is 0 Å². The first-order chi connectivity index (χ1) is 13.5. The van der Waals surface area contributed by atoms with Crippen molar-refractivity contribution in [3.63, 3.8) is 0 Å². The molecule has 2 aromatic carbocycles. The van der Waals surface area contributed by atoms with Crippen molar-refractivity contribution in [1.29, 1.82) is 0 Å². The Labute approximate surface area is 164 Å². The minimum absolute atomic E-state index is 0.135. The Balaban J connectivity index is 1.31. The summed E-state index contributed by atoms with van der Waals surface area (Å²) in [5.41, 5.74) is 3.34. The molecule has 0 saturated carbocycles. The molecular formula is C22H25N3O3. The lowest BCUT2D eigenvalue weighted by atomic mass is 10.0. The van der Waals surface area contributed by atoms with Gasteiger partial charge >= 0.3 is 6.03 Å². The van der Waals surface area contributed by atoms with E-state index in [1.807, 2.05) is 31.2 Å². The van der Waals surface area contributed by atoms with Crippen LogP contribution in [0, 0.1) is 0 Å². The molecular weight excluding hydrogens is 354 g/mol. The van der Waals surface area contributed by atoms with Gasteiger partial charge in [0.15, 0.2) is 0 Å². The average Bonchev–Trinajstić information content (AvgIpc) is 3.33. The maximum absolute atomic E-state index is 12.5. The van der Waals surface area contributed by atoms with Crippen LogP contribution < -0.4 is 10.6 Å². The van der Waals surface area contributed by atoms with E-state index >= 15 is 0 Å². The molecule has 2 heterocycles. The first-order valence-electron chi connectivity index (χ1n) is 9.67. The van der Waals surface area contributed by atoms with Crippen LogP contribution in [0.1, 0.15) is 41.3 Å². The molecule has 6 nitrogen and oxygen atoms in total. The third-order valence-corrected chi connectivity index (χ3v) is 5.45. The summed E-state index contributed by atoms with van der Waals surface area (Å²) in [7, 11) is 0. The van der Waals surface area contributed by atoms with Crippen molar-refractivity contribution in [3.05, 3.63) is 65.2 Å². The van der Waals surface area contributed by atoms with Gasteiger partial charge in [0.05, 0.1) is 5.60 Å². The van der Waals surface area contributed by atoms with E-state index in [1.54, 1.807) is 29.2 Å². The van der Waals surface area contributed by atoms with E-state index in [4.69, 9.17) is 4.74 Å². The van der Waals surface area contributed by atoms with E-state index in [0.717, 1.165) is 19.4 Å². The smallest absolute Gasteiger partial charge is 0.322 e. The van der Waals surface area contributed by atoms with Gasteiger partial charge in [-0.3, -0.25) is 4.79 Å². The number of hydrogen-bond donors (Lipinski definition) is 2. The third kappa shape index (κ3) is 4.02. The molecule has 1 fully saturated rings. The summed E-state index contributed by atoms with van der Waals surface area (Å²) in [6.07, 6.45) is 1.99. The van der Waals surface area contributed by atoms with E-state index < -0.39 is 0 Å². The normalized spacial score (nSPS) is 20.7. The topological polar surface area (TPSA) is 70.7 Å². The van der Waals surface area contributed by atoms with Crippen LogP contribution in [0.5, 0.6) is 0 Å². The summed E-state index contributed by atoms with van der Waals surface area (Å²) in [6, 6.07) is 14.9. The number of hydrogen-bond acceptors (Lipinski definition) is 3. The Morgan fingerprint density at radius 1 is 1.07 bits per heavy atom. The highest BCUT2D eigenvalue weighted by Crippen LogP contribution is 2.24. The Bertz CT molecular complexity index is 848. The lowest BCUT2D eigenvalue weighted by molar-refractivity contribution is 0.0206. The molecule has 2 aliphatic heterocycles. The van der Waals surface area contributed by atoms with Crippen molar-refractivity contribution < 1.29 is 14.3 Å². The van der Waals surface area contributed by atoms with Crippen LogP contribution in [-0.4, -0.2) is 35.6 Å². The van der Waals surface area contributed by atoms with Gasteiger partial charge in [-0.25, -0.2) is 4.79 Å². The minimum atomic E-state index is -0.267. The van der Waals surface area contributed by atoms with Gasteiger partial charge in [0.1, 0.15) is 0 Å². The van der Waals surface area contributed by atoms with Crippen LogP contribution in [0.2, 0.25) is 0 Å². The third-order valence-electron chi connectivity index (χ3n) is 5.45. The highest BCUT2D eigenvalue weighted by molar-refractivity contribution is 5.95. The van der Waals surface area contributed by atoms with Gasteiger partial charge < -0.3 is 20.3 Å². The van der Waals surface area contributed by atoms with Crippen LogP contribution in [0.3, 0.4) is 0 Å². The van der Waals surface area contributed by atoms with Gasteiger partial charge in [-0.1, -0.05) is 24.3 Å². The Morgan fingerprint density at radius 3 is 2.36 bits per heavy atom. The fourth-order valence-corrected chi connectivity index (χ4v) is 3.73. The molecule has 2 N–H and O–H groups in total. The molecule has 0 spiro atoms. The number of carbonyl (C=O) groups is 2. The summed E-state index contributed by atoms with van der Waals surface area (Å²) in [5, 5.41) is 5.84. The zero-order chi connectivity index (χ0) is 19.6. The second-order valence-electron chi connectivity index (χ2n) is 7.72. The fourth-order valence-electron chi connectivity index (χ4n) is 3.73. The van der Waals surface area contributed by atoms with Crippen molar-refractivity contribution in [2.45, 2.75) is 38.5 Å². The number of carbonyl (C=O) groups excluding carboxylic acids is 2. The maximum atomic E-state index is 12.5. The van der Waals surface area contributed by atoms with Crippen molar-refractivity contribution in [1.82, 2.24) is 10.2 Å². The molecule has 0 aliphatic carbocycles. The standard InChI is InChI=1S/C22H25N3O3/c1-22(11-4-12-28-22)15-23-20(26)16-7-9-19(10-8-16)24-21(27)25-13-17-5-2-3-6-18(17)14-25/h2-3,5-10H,4,11-15H2,1H3,(H,23,26)(H,24,27). The predicted octanol–water partition coefficient (Wildman–Crippen LogP) is 3.53. The van der Waals surface area contributed by atoms with Crippen LogP contribution in [0.25, 0.3) is 0 Å². The van der Waals surface area contributed by atoms with Crippen LogP contribution in [0.15, 0.2) is 48.5 Å². The molecule has 6 heteroatoms. The largest absolute Gasteiger partial charge is 0.373 e. The van der Waals surface area contributed by atoms with Crippen molar-refractivity contribution in [3.8, 4) is 0 Å². The zero-order valence-corrected chi connectivity index (χ0v) is 16.0. The summed E-state index contributed by atoms with van der Waals surface area (Å²) in [6.45, 7) is 4.50. The molecule has 2 aliphatic rings. The average molecular weight is 379 g/mol. The Morgan fingerprint density at radius 2 is 1.75 bits per heavy atom. The van der Waals surface area contributed by atoms with Crippen LogP contribution in [-0.2, 0) is 17.8 Å². The number of urea groups is 1. The van der Waals surface area contributed by atoms with Gasteiger partial charge in [-0.05, 0) is 55.2 Å². The first kappa shape index (κ1) is 18.5. The predicted molar refractivity (Wildman–Crippen MR) is 107 cm³/mol. The van der Waals surface area contributed by atoms with Crippen molar-refractivity contribution in [2.75, 3.05) is 18.5 Å². The van der Waals surface area contributed by atoms with E-state index in [1.165, 1.54) is 11.1 Å². The summed E-state index contributed by atoms with van der Waals surface area (Å²) < 4.78 is 5.69. The van der Waals surface area contributed by atoms with Crippen molar-refractivity contribution in [2.24, 2.45) is 0 Å². The molecule has 28 heavy (non-hydrogen) atoms. The van der Waals surface area contributed by atoms with E-state index in [9.17, 15) is 9.59 Å². The lowest BCUT2D eigenvalue weighted by Crippen LogP contribution is -2.40. The number of rotatable bonds is 4. The van der Waals surface area contributed by atoms with Gasteiger partial charge in [-0.15, -0.1) is 0 Å². The highest BCUT2D eigenvalue weighted by Gasteiger charge is 2.30. The SMILES string of the molecule is CC1(CNC(=O)c2ccc(NC(=O)N3Cc4ccccc4C3)cc2)CCCO1. The van der Waals surface area contributed by atoms with Gasteiger partial charge in [0.2, 0.25) is 0 Å². The number of ether oxygens (including phenoxy) is 1. The molecule has 2 aromatic rings. The molecule has 0 bridgehead atoms. The van der Waals surface area contributed by atoms with E-state index in [2.05, 4.69) is 10.6 Å². The quantitative estimate of drug-likeness (QED) is 0.854.